The fraction of sp³-hybridized carbons (Fsp3) is 0.143. The molecule has 2 heterocycles. The van der Waals surface area contributed by atoms with Gasteiger partial charge in [-0.05, 0) is 48.4 Å². The molecule has 0 aliphatic heterocycles. The highest BCUT2D eigenvalue weighted by Gasteiger charge is 2.17. The predicted octanol–water partition coefficient (Wildman–Crippen LogP) is 3.85. The lowest BCUT2D eigenvalue weighted by Crippen LogP contribution is -2.13. The van der Waals surface area contributed by atoms with Gasteiger partial charge in [0, 0.05) is 18.1 Å². The molecule has 4 rings (SSSR count). The zero-order valence-corrected chi connectivity index (χ0v) is 15.7. The maximum absolute atomic E-state index is 13.2. The number of anilines is 1. The minimum Gasteiger partial charge on any atom is -0.320 e. The Bertz CT molecular complexity index is 1100. The van der Waals surface area contributed by atoms with Crippen LogP contribution in [-0.4, -0.2) is 30.7 Å². The molecule has 0 aliphatic rings. The van der Waals surface area contributed by atoms with Crippen LogP contribution in [0.15, 0.2) is 73.2 Å². The number of nitrogens with one attached hydrogen (secondary N) is 1. The lowest BCUT2D eigenvalue weighted by Gasteiger charge is -2.15. The summed E-state index contributed by atoms with van der Waals surface area (Å²) < 4.78 is 16.5. The second kappa shape index (κ2) is 8.05. The van der Waals surface area contributed by atoms with Crippen molar-refractivity contribution in [1.29, 1.82) is 0 Å². The molecule has 0 radical (unpaired) electrons. The standard InChI is InChI=1S/C21H19FN6O/c1-2-20(15-7-9-16(22)10-8-15)28-14-19(25-26-28)21(29)24-17-5-3-6-18(13-17)27-12-4-11-23-27/h3-14,20H,2H2,1H3,(H,24,29)/t20-/m1/s1. The number of halogens is 1. The summed E-state index contributed by atoms with van der Waals surface area (Å²) in [6, 6.07) is 15.3. The van der Waals surface area contributed by atoms with Gasteiger partial charge in [-0.3, -0.25) is 4.79 Å². The van der Waals surface area contributed by atoms with Crippen LogP contribution in [0.4, 0.5) is 10.1 Å². The largest absolute Gasteiger partial charge is 0.320 e. The number of aromatic nitrogens is 5. The van der Waals surface area contributed by atoms with E-state index in [0.29, 0.717) is 5.69 Å². The third-order valence-corrected chi connectivity index (χ3v) is 4.58. The summed E-state index contributed by atoms with van der Waals surface area (Å²) in [6.07, 6.45) is 5.84. The Balaban J connectivity index is 1.51. The lowest BCUT2D eigenvalue weighted by molar-refractivity contribution is 0.102. The van der Waals surface area contributed by atoms with Crippen molar-refractivity contribution < 1.29 is 9.18 Å². The fourth-order valence-corrected chi connectivity index (χ4v) is 3.14. The van der Waals surface area contributed by atoms with E-state index in [0.717, 1.165) is 17.7 Å². The molecule has 7 nitrogen and oxygen atoms in total. The zero-order valence-electron chi connectivity index (χ0n) is 15.7. The van der Waals surface area contributed by atoms with Gasteiger partial charge < -0.3 is 5.32 Å². The first-order valence-electron chi connectivity index (χ1n) is 9.23. The molecule has 0 spiro atoms. The van der Waals surface area contributed by atoms with E-state index in [1.165, 1.54) is 12.1 Å². The number of carbonyl (C=O) groups is 1. The smallest absolute Gasteiger partial charge is 0.277 e. The average molecular weight is 390 g/mol. The van der Waals surface area contributed by atoms with E-state index in [1.54, 1.807) is 40.0 Å². The third-order valence-electron chi connectivity index (χ3n) is 4.58. The van der Waals surface area contributed by atoms with Gasteiger partial charge in [0.25, 0.3) is 5.91 Å². The molecule has 0 saturated heterocycles. The molecule has 2 aromatic heterocycles. The summed E-state index contributed by atoms with van der Waals surface area (Å²) in [7, 11) is 0. The Morgan fingerprint density at radius 1 is 1.17 bits per heavy atom. The highest BCUT2D eigenvalue weighted by atomic mass is 19.1. The van der Waals surface area contributed by atoms with Crippen LogP contribution in [0.2, 0.25) is 0 Å². The zero-order chi connectivity index (χ0) is 20.2. The van der Waals surface area contributed by atoms with Gasteiger partial charge in [-0.15, -0.1) is 5.10 Å². The Labute approximate surface area is 166 Å². The van der Waals surface area contributed by atoms with Crippen LogP contribution in [0.1, 0.15) is 35.4 Å². The van der Waals surface area contributed by atoms with Gasteiger partial charge in [0.05, 0.1) is 17.9 Å². The number of rotatable bonds is 6. The molecule has 0 unspecified atom stereocenters. The molecular formula is C21H19FN6O. The molecule has 2 aromatic carbocycles. The first-order chi connectivity index (χ1) is 14.1. The van der Waals surface area contributed by atoms with Crippen molar-refractivity contribution in [3.05, 3.63) is 90.3 Å². The molecule has 1 amide bonds. The van der Waals surface area contributed by atoms with Crippen molar-refractivity contribution in [2.45, 2.75) is 19.4 Å². The van der Waals surface area contributed by atoms with Gasteiger partial charge in [-0.25, -0.2) is 13.8 Å². The van der Waals surface area contributed by atoms with E-state index in [1.807, 2.05) is 37.4 Å². The average Bonchev–Trinajstić information content (AvgIpc) is 3.43. The van der Waals surface area contributed by atoms with Gasteiger partial charge in [-0.2, -0.15) is 5.10 Å². The molecule has 1 atom stereocenters. The summed E-state index contributed by atoms with van der Waals surface area (Å²) in [5.41, 5.74) is 2.56. The van der Waals surface area contributed by atoms with Crippen LogP contribution in [-0.2, 0) is 0 Å². The van der Waals surface area contributed by atoms with Gasteiger partial charge in [0.1, 0.15) is 5.82 Å². The van der Waals surface area contributed by atoms with Gasteiger partial charge in [0.15, 0.2) is 5.69 Å². The number of hydrogen-bond acceptors (Lipinski definition) is 4. The van der Waals surface area contributed by atoms with E-state index in [2.05, 4.69) is 20.7 Å². The summed E-state index contributed by atoms with van der Waals surface area (Å²) in [4.78, 5) is 12.6. The van der Waals surface area contributed by atoms with Crippen LogP contribution in [0.3, 0.4) is 0 Å². The van der Waals surface area contributed by atoms with Gasteiger partial charge >= 0.3 is 0 Å². The van der Waals surface area contributed by atoms with Crippen molar-refractivity contribution in [2.75, 3.05) is 5.32 Å². The minimum atomic E-state index is -0.358. The number of nitrogens with zero attached hydrogens (tertiary/aromatic N) is 5. The molecule has 8 heteroatoms. The van der Waals surface area contributed by atoms with E-state index in [4.69, 9.17) is 0 Å². The highest BCUT2D eigenvalue weighted by Crippen LogP contribution is 2.22. The molecule has 0 fully saturated rings. The van der Waals surface area contributed by atoms with Crippen LogP contribution in [0.25, 0.3) is 5.69 Å². The summed E-state index contributed by atoms with van der Waals surface area (Å²) >= 11 is 0. The number of benzene rings is 2. The quantitative estimate of drug-likeness (QED) is 0.542. The van der Waals surface area contributed by atoms with Crippen molar-refractivity contribution in [3.63, 3.8) is 0 Å². The van der Waals surface area contributed by atoms with E-state index >= 15 is 0 Å². The Hall–Kier alpha value is -3.81. The van der Waals surface area contributed by atoms with Gasteiger partial charge in [0.2, 0.25) is 0 Å². The Morgan fingerprint density at radius 2 is 2.00 bits per heavy atom. The normalized spacial score (nSPS) is 11.9. The van der Waals surface area contributed by atoms with Crippen molar-refractivity contribution >= 4 is 11.6 Å². The van der Waals surface area contributed by atoms with E-state index in [9.17, 15) is 9.18 Å². The molecular weight excluding hydrogens is 371 g/mol. The predicted molar refractivity (Wildman–Crippen MR) is 106 cm³/mol. The van der Waals surface area contributed by atoms with Gasteiger partial charge in [-0.1, -0.05) is 30.3 Å². The topological polar surface area (TPSA) is 77.6 Å². The molecule has 1 N–H and O–H groups in total. The molecule has 0 bridgehead atoms. The summed E-state index contributed by atoms with van der Waals surface area (Å²) in [5.74, 6) is -0.651. The maximum atomic E-state index is 13.2. The van der Waals surface area contributed by atoms with E-state index in [-0.39, 0.29) is 23.5 Å². The first kappa shape index (κ1) is 18.5. The second-order valence-electron chi connectivity index (χ2n) is 6.51. The molecule has 0 saturated carbocycles. The number of carbonyl (C=O) groups excluding carboxylic acids is 1. The van der Waals surface area contributed by atoms with E-state index < -0.39 is 0 Å². The summed E-state index contributed by atoms with van der Waals surface area (Å²) in [6.45, 7) is 2.00. The maximum Gasteiger partial charge on any atom is 0.277 e. The Kier molecular flexibility index (Phi) is 5.15. The van der Waals surface area contributed by atoms with Crippen LogP contribution >= 0.6 is 0 Å². The van der Waals surface area contributed by atoms with Crippen LogP contribution in [0, 0.1) is 5.82 Å². The fourth-order valence-electron chi connectivity index (χ4n) is 3.14. The SMILES string of the molecule is CC[C@H](c1ccc(F)cc1)n1cc(C(=O)Nc2cccc(-n3cccn3)c2)nn1. The monoisotopic (exact) mass is 390 g/mol. The summed E-state index contributed by atoms with van der Waals surface area (Å²) in [5, 5.41) is 15.1. The minimum absolute atomic E-state index is 0.132. The Morgan fingerprint density at radius 3 is 2.72 bits per heavy atom. The number of hydrogen-bond donors (Lipinski definition) is 1. The molecule has 146 valence electrons. The van der Waals surface area contributed by atoms with Crippen molar-refractivity contribution in [2.24, 2.45) is 0 Å². The third kappa shape index (κ3) is 4.06. The first-order valence-corrected chi connectivity index (χ1v) is 9.23. The van der Waals surface area contributed by atoms with Crippen LogP contribution in [0.5, 0.6) is 0 Å². The molecule has 0 aliphatic carbocycles. The number of amides is 1. The molecule has 4 aromatic rings. The van der Waals surface area contributed by atoms with Crippen molar-refractivity contribution in [1.82, 2.24) is 24.8 Å². The second-order valence-corrected chi connectivity index (χ2v) is 6.51. The highest BCUT2D eigenvalue weighted by molar-refractivity contribution is 6.02. The van der Waals surface area contributed by atoms with Crippen LogP contribution < -0.4 is 5.32 Å². The molecule has 29 heavy (non-hydrogen) atoms. The lowest BCUT2D eigenvalue weighted by atomic mass is 10.0. The van der Waals surface area contributed by atoms with Crippen molar-refractivity contribution in [3.8, 4) is 5.69 Å².